The van der Waals surface area contributed by atoms with Gasteiger partial charge in [0.1, 0.15) is 12.4 Å². The van der Waals surface area contributed by atoms with Crippen LogP contribution in [0.2, 0.25) is 10.0 Å². The Hall–Kier alpha value is -0.890. The standard InChI is InChI=1S/C15H13Cl3O/c1-10-3-2-4-14(19-8-7-16)15(10)11-5-6-12(17)13(18)9-11/h2-6,9H,7-8H2,1H3. The van der Waals surface area contributed by atoms with E-state index in [1.54, 1.807) is 6.07 Å². The Labute approximate surface area is 128 Å². The van der Waals surface area contributed by atoms with Gasteiger partial charge in [-0.3, -0.25) is 0 Å². The van der Waals surface area contributed by atoms with E-state index >= 15 is 0 Å². The second-order valence-electron chi connectivity index (χ2n) is 4.11. The summed E-state index contributed by atoms with van der Waals surface area (Å²) in [5.74, 6) is 1.26. The van der Waals surface area contributed by atoms with Gasteiger partial charge in [-0.15, -0.1) is 11.6 Å². The van der Waals surface area contributed by atoms with Crippen LogP contribution in [0.3, 0.4) is 0 Å². The van der Waals surface area contributed by atoms with Gasteiger partial charge < -0.3 is 4.74 Å². The van der Waals surface area contributed by atoms with Gasteiger partial charge in [0.25, 0.3) is 0 Å². The molecule has 19 heavy (non-hydrogen) atoms. The van der Waals surface area contributed by atoms with Crippen LogP contribution in [0.1, 0.15) is 5.56 Å². The van der Waals surface area contributed by atoms with Crippen LogP contribution in [-0.4, -0.2) is 12.5 Å². The van der Waals surface area contributed by atoms with Gasteiger partial charge in [-0.1, -0.05) is 41.4 Å². The highest BCUT2D eigenvalue weighted by atomic mass is 35.5. The molecule has 0 aliphatic carbocycles. The van der Waals surface area contributed by atoms with Crippen molar-refractivity contribution in [3.8, 4) is 16.9 Å². The van der Waals surface area contributed by atoms with E-state index in [0.717, 1.165) is 22.4 Å². The Morgan fingerprint density at radius 3 is 2.53 bits per heavy atom. The Bertz CT molecular complexity index is 582. The normalized spacial score (nSPS) is 10.5. The zero-order chi connectivity index (χ0) is 13.8. The van der Waals surface area contributed by atoms with E-state index in [1.807, 2.05) is 37.3 Å². The second kappa shape index (κ2) is 6.51. The predicted molar refractivity (Wildman–Crippen MR) is 82.9 cm³/mol. The van der Waals surface area contributed by atoms with Crippen LogP contribution in [-0.2, 0) is 0 Å². The Morgan fingerprint density at radius 2 is 1.84 bits per heavy atom. The summed E-state index contributed by atoms with van der Waals surface area (Å²) < 4.78 is 5.68. The van der Waals surface area contributed by atoms with Crippen molar-refractivity contribution >= 4 is 34.8 Å². The largest absolute Gasteiger partial charge is 0.492 e. The summed E-state index contributed by atoms with van der Waals surface area (Å²) in [5, 5.41) is 1.08. The van der Waals surface area contributed by atoms with Gasteiger partial charge in [-0.25, -0.2) is 0 Å². The fraction of sp³-hybridized carbons (Fsp3) is 0.200. The fourth-order valence-electron chi connectivity index (χ4n) is 1.93. The lowest BCUT2D eigenvalue weighted by Gasteiger charge is -2.14. The van der Waals surface area contributed by atoms with Crippen molar-refractivity contribution < 1.29 is 4.74 Å². The van der Waals surface area contributed by atoms with E-state index in [0.29, 0.717) is 22.5 Å². The summed E-state index contributed by atoms with van der Waals surface area (Å²) in [5.41, 5.74) is 3.12. The molecule has 0 aromatic heterocycles. The molecule has 0 saturated heterocycles. The maximum atomic E-state index is 6.08. The van der Waals surface area contributed by atoms with E-state index in [1.165, 1.54) is 0 Å². The molecular formula is C15H13Cl3O. The van der Waals surface area contributed by atoms with Crippen LogP contribution in [0.15, 0.2) is 36.4 Å². The molecule has 2 aromatic carbocycles. The Balaban J connectivity index is 2.50. The summed E-state index contributed by atoms with van der Waals surface area (Å²) in [7, 11) is 0. The van der Waals surface area contributed by atoms with Gasteiger partial charge >= 0.3 is 0 Å². The van der Waals surface area contributed by atoms with Gasteiger partial charge in [0.05, 0.1) is 15.9 Å². The second-order valence-corrected chi connectivity index (χ2v) is 5.31. The van der Waals surface area contributed by atoms with Crippen LogP contribution in [0.4, 0.5) is 0 Å². The van der Waals surface area contributed by atoms with Crippen molar-refractivity contribution in [2.45, 2.75) is 6.92 Å². The van der Waals surface area contributed by atoms with Crippen molar-refractivity contribution in [2.24, 2.45) is 0 Å². The summed E-state index contributed by atoms with van der Waals surface area (Å²) in [6.45, 7) is 2.50. The molecule has 0 radical (unpaired) electrons. The molecule has 0 aliphatic heterocycles. The average molecular weight is 316 g/mol. The first-order valence-corrected chi connectivity index (χ1v) is 7.16. The molecular weight excluding hydrogens is 303 g/mol. The molecule has 0 amide bonds. The zero-order valence-electron chi connectivity index (χ0n) is 10.4. The third-order valence-corrected chi connectivity index (χ3v) is 3.67. The lowest BCUT2D eigenvalue weighted by Crippen LogP contribution is -2.00. The van der Waals surface area contributed by atoms with Crippen molar-refractivity contribution in [3.05, 3.63) is 52.0 Å². The molecule has 0 aliphatic rings. The predicted octanol–water partition coefficient (Wildman–Crippen LogP) is 5.59. The number of halogens is 3. The molecule has 0 atom stereocenters. The van der Waals surface area contributed by atoms with E-state index in [2.05, 4.69) is 0 Å². The van der Waals surface area contributed by atoms with Gasteiger partial charge in [0.15, 0.2) is 0 Å². The maximum absolute atomic E-state index is 6.08. The highest BCUT2D eigenvalue weighted by molar-refractivity contribution is 6.42. The summed E-state index contributed by atoms with van der Waals surface area (Å²) in [4.78, 5) is 0. The third-order valence-electron chi connectivity index (χ3n) is 2.78. The molecule has 100 valence electrons. The topological polar surface area (TPSA) is 9.23 Å². The Morgan fingerprint density at radius 1 is 1.05 bits per heavy atom. The lowest BCUT2D eigenvalue weighted by molar-refractivity contribution is 0.344. The molecule has 2 aromatic rings. The zero-order valence-corrected chi connectivity index (χ0v) is 12.7. The van der Waals surface area contributed by atoms with E-state index in [9.17, 15) is 0 Å². The third kappa shape index (κ3) is 3.36. The SMILES string of the molecule is Cc1cccc(OCCCl)c1-c1ccc(Cl)c(Cl)c1. The van der Waals surface area contributed by atoms with Crippen molar-refractivity contribution in [1.82, 2.24) is 0 Å². The van der Waals surface area contributed by atoms with E-state index < -0.39 is 0 Å². The number of ether oxygens (including phenoxy) is 1. The quantitative estimate of drug-likeness (QED) is 0.669. The summed E-state index contributed by atoms with van der Waals surface area (Å²) >= 11 is 17.7. The highest BCUT2D eigenvalue weighted by Crippen LogP contribution is 2.36. The highest BCUT2D eigenvalue weighted by Gasteiger charge is 2.11. The monoisotopic (exact) mass is 314 g/mol. The van der Waals surface area contributed by atoms with Gasteiger partial charge in [-0.2, -0.15) is 0 Å². The molecule has 0 saturated carbocycles. The van der Waals surface area contributed by atoms with Gasteiger partial charge in [0, 0.05) is 5.56 Å². The van der Waals surface area contributed by atoms with E-state index in [-0.39, 0.29) is 0 Å². The van der Waals surface area contributed by atoms with Crippen molar-refractivity contribution in [2.75, 3.05) is 12.5 Å². The smallest absolute Gasteiger partial charge is 0.127 e. The van der Waals surface area contributed by atoms with Crippen LogP contribution in [0, 0.1) is 6.92 Å². The first-order valence-electron chi connectivity index (χ1n) is 5.87. The first kappa shape index (κ1) is 14.5. The number of alkyl halides is 1. The molecule has 2 rings (SSSR count). The maximum Gasteiger partial charge on any atom is 0.127 e. The summed E-state index contributed by atoms with van der Waals surface area (Å²) in [6.07, 6.45) is 0. The van der Waals surface area contributed by atoms with Crippen LogP contribution in [0.25, 0.3) is 11.1 Å². The molecule has 4 heteroatoms. The average Bonchev–Trinajstić information content (AvgIpc) is 2.40. The van der Waals surface area contributed by atoms with Gasteiger partial charge in [0.2, 0.25) is 0 Å². The number of rotatable bonds is 4. The molecule has 0 heterocycles. The van der Waals surface area contributed by atoms with Crippen molar-refractivity contribution in [1.29, 1.82) is 0 Å². The molecule has 0 N–H and O–H groups in total. The van der Waals surface area contributed by atoms with Crippen LogP contribution in [0.5, 0.6) is 5.75 Å². The van der Waals surface area contributed by atoms with Gasteiger partial charge in [-0.05, 0) is 36.2 Å². The van der Waals surface area contributed by atoms with Crippen LogP contribution < -0.4 is 4.74 Å². The number of aryl methyl sites for hydroxylation is 1. The molecule has 0 fully saturated rings. The van der Waals surface area contributed by atoms with E-state index in [4.69, 9.17) is 39.5 Å². The number of benzene rings is 2. The van der Waals surface area contributed by atoms with Crippen LogP contribution >= 0.6 is 34.8 Å². The minimum atomic E-state index is 0.453. The minimum Gasteiger partial charge on any atom is -0.492 e. The molecule has 0 spiro atoms. The number of hydrogen-bond acceptors (Lipinski definition) is 1. The minimum absolute atomic E-state index is 0.453. The lowest BCUT2D eigenvalue weighted by atomic mass is 9.99. The molecule has 1 nitrogen and oxygen atoms in total. The number of hydrogen-bond donors (Lipinski definition) is 0. The fourth-order valence-corrected chi connectivity index (χ4v) is 2.31. The van der Waals surface area contributed by atoms with Crippen molar-refractivity contribution in [3.63, 3.8) is 0 Å². The summed E-state index contributed by atoms with van der Waals surface area (Å²) in [6, 6.07) is 11.5. The first-order chi connectivity index (χ1) is 9.13. The Kier molecular flexibility index (Phi) is 4.98. The molecule has 0 unspecified atom stereocenters. The molecule has 0 bridgehead atoms.